The first-order valence-electron chi connectivity index (χ1n) is 8.98. The van der Waals surface area contributed by atoms with E-state index in [1.165, 1.54) is 0 Å². The Kier molecular flexibility index (Phi) is 5.92. The van der Waals surface area contributed by atoms with Crippen molar-refractivity contribution in [2.75, 3.05) is 26.2 Å². The minimum absolute atomic E-state index is 0.0331. The van der Waals surface area contributed by atoms with Crippen molar-refractivity contribution in [1.29, 1.82) is 0 Å². The summed E-state index contributed by atoms with van der Waals surface area (Å²) in [5.74, 6) is -2.02. The number of hydrogen-bond acceptors (Lipinski definition) is 4. The number of rotatable bonds is 5. The summed E-state index contributed by atoms with van der Waals surface area (Å²) in [6, 6.07) is 0. The molecule has 1 heterocycles. The molecule has 0 radical (unpaired) electrons. The highest BCUT2D eigenvalue weighted by molar-refractivity contribution is 5.88. The summed E-state index contributed by atoms with van der Waals surface area (Å²) in [6.07, 6.45) is -3.62. The molecule has 1 saturated heterocycles. The van der Waals surface area contributed by atoms with Gasteiger partial charge in [0.1, 0.15) is 5.54 Å². The standard InChI is InChI=1S/C17H28F3N3O3/c1-4-26-12-9-16(21,15(12,2)3)13(24)22-10-11-5-7-23(8-6-11)14(25)17(18,19)20/h11-12H,4-10,21H2,1-3H3,(H,22,24). The highest BCUT2D eigenvalue weighted by Gasteiger charge is 2.62. The lowest BCUT2D eigenvalue weighted by Crippen LogP contribution is -2.76. The Morgan fingerprint density at radius 1 is 1.27 bits per heavy atom. The molecule has 0 aromatic carbocycles. The number of carbonyl (C=O) groups is 2. The zero-order valence-electron chi connectivity index (χ0n) is 15.5. The van der Waals surface area contributed by atoms with Gasteiger partial charge in [0.25, 0.3) is 0 Å². The second-order valence-corrected chi connectivity index (χ2v) is 7.78. The SMILES string of the molecule is CCOC1CC(N)(C(=O)NCC2CCN(C(=O)C(F)(F)F)CC2)C1(C)C. The summed E-state index contributed by atoms with van der Waals surface area (Å²) in [7, 11) is 0. The van der Waals surface area contributed by atoms with Gasteiger partial charge in [-0.05, 0) is 25.7 Å². The van der Waals surface area contributed by atoms with Crippen LogP contribution in [-0.4, -0.2) is 60.8 Å². The average molecular weight is 379 g/mol. The molecule has 2 rings (SSSR count). The normalized spacial score (nSPS) is 29.2. The topological polar surface area (TPSA) is 84.7 Å². The van der Waals surface area contributed by atoms with E-state index in [9.17, 15) is 22.8 Å². The Bertz CT molecular complexity index is 545. The molecule has 2 amide bonds. The number of nitrogens with two attached hydrogens (primary N) is 1. The van der Waals surface area contributed by atoms with Gasteiger partial charge in [-0.15, -0.1) is 0 Å². The number of likely N-dealkylation sites (tertiary alicyclic amines) is 1. The van der Waals surface area contributed by atoms with Crippen LogP contribution in [0.15, 0.2) is 0 Å². The molecule has 1 aliphatic carbocycles. The van der Waals surface area contributed by atoms with Crippen LogP contribution in [0.5, 0.6) is 0 Å². The maximum Gasteiger partial charge on any atom is 0.471 e. The molecule has 1 aliphatic heterocycles. The van der Waals surface area contributed by atoms with E-state index in [0.29, 0.717) is 32.4 Å². The van der Waals surface area contributed by atoms with Gasteiger partial charge in [-0.25, -0.2) is 0 Å². The van der Waals surface area contributed by atoms with Crippen LogP contribution in [0.2, 0.25) is 0 Å². The van der Waals surface area contributed by atoms with Gasteiger partial charge >= 0.3 is 12.1 Å². The third-order valence-electron chi connectivity index (χ3n) is 5.93. The zero-order chi connectivity index (χ0) is 19.8. The second-order valence-electron chi connectivity index (χ2n) is 7.78. The number of carbonyl (C=O) groups excluding carboxylic acids is 2. The van der Waals surface area contributed by atoms with Crippen LogP contribution >= 0.6 is 0 Å². The Hall–Kier alpha value is -1.35. The van der Waals surface area contributed by atoms with Crippen LogP contribution in [0.25, 0.3) is 0 Å². The van der Waals surface area contributed by atoms with Gasteiger partial charge in [0, 0.05) is 38.1 Å². The number of halogens is 3. The Morgan fingerprint density at radius 3 is 2.31 bits per heavy atom. The number of alkyl halides is 3. The number of amides is 2. The maximum absolute atomic E-state index is 12.6. The van der Waals surface area contributed by atoms with E-state index in [2.05, 4.69) is 5.32 Å². The molecule has 26 heavy (non-hydrogen) atoms. The summed E-state index contributed by atoms with van der Waals surface area (Å²) in [5, 5.41) is 2.84. The van der Waals surface area contributed by atoms with Crippen molar-refractivity contribution in [3.63, 3.8) is 0 Å². The molecule has 6 nitrogen and oxygen atoms in total. The van der Waals surface area contributed by atoms with Crippen LogP contribution in [-0.2, 0) is 14.3 Å². The van der Waals surface area contributed by atoms with Crippen LogP contribution in [0.3, 0.4) is 0 Å². The predicted octanol–water partition coefficient (Wildman–Crippen LogP) is 1.44. The van der Waals surface area contributed by atoms with E-state index in [1.807, 2.05) is 20.8 Å². The molecule has 3 N–H and O–H groups in total. The Balaban J connectivity index is 1.80. The van der Waals surface area contributed by atoms with Crippen molar-refractivity contribution < 1.29 is 27.5 Å². The van der Waals surface area contributed by atoms with E-state index in [1.54, 1.807) is 0 Å². The summed E-state index contributed by atoms with van der Waals surface area (Å²) in [5.41, 5.74) is 4.80. The van der Waals surface area contributed by atoms with E-state index in [4.69, 9.17) is 10.5 Å². The van der Waals surface area contributed by atoms with Gasteiger partial charge in [0.05, 0.1) is 6.10 Å². The van der Waals surface area contributed by atoms with Gasteiger partial charge in [-0.3, -0.25) is 9.59 Å². The van der Waals surface area contributed by atoms with Crippen molar-refractivity contribution in [2.45, 2.75) is 57.9 Å². The molecular weight excluding hydrogens is 351 g/mol. The maximum atomic E-state index is 12.6. The van der Waals surface area contributed by atoms with Gasteiger partial charge in [0.15, 0.2) is 0 Å². The largest absolute Gasteiger partial charge is 0.471 e. The van der Waals surface area contributed by atoms with Gasteiger partial charge < -0.3 is 20.7 Å². The molecule has 150 valence electrons. The number of piperidine rings is 1. The number of hydrogen-bond donors (Lipinski definition) is 2. The highest BCUT2D eigenvalue weighted by atomic mass is 19.4. The third kappa shape index (κ3) is 3.83. The summed E-state index contributed by atoms with van der Waals surface area (Å²) in [6.45, 7) is 6.69. The number of ether oxygens (including phenoxy) is 1. The molecule has 0 spiro atoms. The van der Waals surface area contributed by atoms with Gasteiger partial charge in [-0.1, -0.05) is 13.8 Å². The van der Waals surface area contributed by atoms with E-state index >= 15 is 0 Å². The molecule has 0 aromatic rings. The predicted molar refractivity (Wildman–Crippen MR) is 89.1 cm³/mol. The van der Waals surface area contributed by atoms with Crippen LogP contribution < -0.4 is 11.1 Å². The monoisotopic (exact) mass is 379 g/mol. The van der Waals surface area contributed by atoms with Crippen molar-refractivity contribution in [1.82, 2.24) is 10.2 Å². The molecule has 2 unspecified atom stereocenters. The molecule has 2 aliphatic rings. The first-order chi connectivity index (χ1) is 11.9. The molecule has 1 saturated carbocycles. The van der Waals surface area contributed by atoms with E-state index in [-0.39, 0.29) is 31.0 Å². The van der Waals surface area contributed by atoms with Crippen LogP contribution in [0.1, 0.15) is 40.0 Å². The second kappa shape index (κ2) is 7.34. The van der Waals surface area contributed by atoms with Crippen LogP contribution in [0.4, 0.5) is 13.2 Å². The van der Waals surface area contributed by atoms with Crippen molar-refractivity contribution in [3.05, 3.63) is 0 Å². The fourth-order valence-electron chi connectivity index (χ4n) is 3.73. The molecule has 2 atom stereocenters. The fraction of sp³-hybridized carbons (Fsp3) is 0.882. The minimum atomic E-state index is -4.83. The molecular formula is C17H28F3N3O3. The first kappa shape index (κ1) is 21.0. The smallest absolute Gasteiger partial charge is 0.378 e. The quantitative estimate of drug-likeness (QED) is 0.757. The molecule has 0 bridgehead atoms. The summed E-state index contributed by atoms with van der Waals surface area (Å²) in [4.78, 5) is 24.6. The lowest BCUT2D eigenvalue weighted by molar-refractivity contribution is -0.186. The third-order valence-corrected chi connectivity index (χ3v) is 5.93. The Labute approximate surface area is 151 Å². The fourth-order valence-corrected chi connectivity index (χ4v) is 3.73. The van der Waals surface area contributed by atoms with Gasteiger partial charge in [0.2, 0.25) is 5.91 Å². The van der Waals surface area contributed by atoms with Crippen molar-refractivity contribution in [2.24, 2.45) is 17.1 Å². The van der Waals surface area contributed by atoms with E-state index in [0.717, 1.165) is 4.90 Å². The average Bonchev–Trinajstić information content (AvgIpc) is 2.58. The summed E-state index contributed by atoms with van der Waals surface area (Å²) >= 11 is 0. The zero-order valence-corrected chi connectivity index (χ0v) is 15.5. The highest BCUT2D eigenvalue weighted by Crippen LogP contribution is 2.49. The Morgan fingerprint density at radius 2 is 1.85 bits per heavy atom. The lowest BCUT2D eigenvalue weighted by atomic mass is 9.54. The van der Waals surface area contributed by atoms with E-state index < -0.39 is 23.0 Å². The lowest BCUT2D eigenvalue weighted by Gasteiger charge is -2.57. The molecule has 9 heteroatoms. The minimum Gasteiger partial charge on any atom is -0.378 e. The molecule has 0 aromatic heterocycles. The summed E-state index contributed by atoms with van der Waals surface area (Å²) < 4.78 is 43.0. The first-order valence-corrected chi connectivity index (χ1v) is 8.98. The van der Waals surface area contributed by atoms with Gasteiger partial charge in [-0.2, -0.15) is 13.2 Å². The number of nitrogens with zero attached hydrogens (tertiary/aromatic N) is 1. The van der Waals surface area contributed by atoms with Crippen molar-refractivity contribution in [3.8, 4) is 0 Å². The van der Waals surface area contributed by atoms with Crippen molar-refractivity contribution >= 4 is 11.8 Å². The number of nitrogens with one attached hydrogen (secondary N) is 1. The van der Waals surface area contributed by atoms with Crippen LogP contribution in [0, 0.1) is 11.3 Å². The molecule has 2 fully saturated rings.